The second-order valence-electron chi connectivity index (χ2n) is 25.0. The first-order chi connectivity index (χ1) is 42.6. The molecular formula is C66H95ClN6O16S2. The minimum atomic E-state index is -4.22. The SMILES string of the molecule is CC(C)(C)OC(=O)[C@@H](N)CNC(=O)CCCCc1ccc2c(n1)CCCC2.Cc1cc(OCCCC(=O)O)cc(C)c1S(=O)(=O)Cl.Cc1cc(OCCCC(=O)O)cc(C)c1S(=O)(=O)N[C@@H](CNC(=O)CCCCc1ccc2c(n1)CCCC2)C(=O)OC(C)(C)C. The minimum Gasteiger partial charge on any atom is -0.494 e. The van der Waals surface area contributed by atoms with Crippen molar-refractivity contribution in [2.45, 2.75) is 231 Å². The van der Waals surface area contributed by atoms with E-state index in [0.717, 1.165) is 69.2 Å². The van der Waals surface area contributed by atoms with Gasteiger partial charge in [0.15, 0.2) is 0 Å². The van der Waals surface area contributed by atoms with E-state index in [2.05, 4.69) is 39.6 Å². The van der Waals surface area contributed by atoms with Crippen LogP contribution in [-0.2, 0) is 95.8 Å². The van der Waals surface area contributed by atoms with Crippen LogP contribution in [0.25, 0.3) is 0 Å². The number of carbonyl (C=O) groups is 6. The van der Waals surface area contributed by atoms with Crippen molar-refractivity contribution in [3.05, 3.63) is 105 Å². The highest BCUT2D eigenvalue weighted by Crippen LogP contribution is 2.30. The smallest absolute Gasteiger partial charge is 0.326 e. The van der Waals surface area contributed by atoms with Crippen LogP contribution in [0.4, 0.5) is 0 Å². The molecule has 2 aliphatic carbocycles. The van der Waals surface area contributed by atoms with E-state index in [1.54, 1.807) is 93.5 Å². The van der Waals surface area contributed by atoms with Gasteiger partial charge in [-0.25, -0.2) is 16.8 Å². The van der Waals surface area contributed by atoms with Gasteiger partial charge in [0.05, 0.1) is 23.0 Å². The van der Waals surface area contributed by atoms with Gasteiger partial charge in [-0.1, -0.05) is 12.1 Å². The molecule has 4 aromatic rings. The van der Waals surface area contributed by atoms with Crippen LogP contribution in [0.1, 0.15) is 188 Å². The molecule has 2 aliphatic rings. The lowest BCUT2D eigenvalue weighted by molar-refractivity contribution is -0.157. The number of ether oxygens (including phenoxy) is 4. The quantitative estimate of drug-likeness (QED) is 0.0161. The standard InChI is InChI=1S/C33H47N3O8S.C21H33N3O3.C12H15ClO5S/c1-22-19-26(43-18-10-15-30(38)39)20-23(2)31(22)45(41,42)36-28(32(40)44-33(3,4)5)21-34-29(37)14-9-7-12-25-17-16-24-11-6-8-13-27(24)35-25;1-21(2,3)27-20(26)17(22)14-23-19(25)11-7-5-9-16-13-12-15-8-4-6-10-18(15)24-16;1-8-6-10(18-5-3-4-11(14)15)7-9(2)12(8)19(13,16)17/h16-17,19-20,28,36H,6-15,18,21H2,1-5H3,(H,34,37)(H,38,39);12-13,17H,4-11,14,22H2,1-3H3,(H,23,25);6-7H,3-5H2,1-2H3,(H,14,15)/t28-;17-;/m00./s1. The van der Waals surface area contributed by atoms with Crippen LogP contribution in [-0.4, -0.2) is 122 Å². The zero-order valence-corrected chi connectivity index (χ0v) is 56.9. The van der Waals surface area contributed by atoms with E-state index in [4.69, 9.17) is 55.5 Å². The number of nitrogens with zero attached hydrogens (tertiary/aromatic N) is 2. The van der Waals surface area contributed by atoms with E-state index in [9.17, 15) is 45.6 Å². The lowest BCUT2D eigenvalue weighted by Crippen LogP contribution is -2.50. The number of hydrogen-bond donors (Lipinski definition) is 6. The lowest BCUT2D eigenvalue weighted by Gasteiger charge is -2.25. The van der Waals surface area contributed by atoms with Gasteiger partial charge in [0.1, 0.15) is 34.8 Å². The van der Waals surface area contributed by atoms with Crippen LogP contribution in [0.5, 0.6) is 11.5 Å². The Morgan fingerprint density at radius 3 is 1.36 bits per heavy atom. The largest absolute Gasteiger partial charge is 0.494 e. The van der Waals surface area contributed by atoms with E-state index in [1.807, 2.05) is 0 Å². The number of amides is 2. The molecule has 0 fully saturated rings. The second kappa shape index (κ2) is 36.5. The molecular weight excluding hydrogens is 1230 g/mol. The molecule has 6 rings (SSSR count). The predicted molar refractivity (Wildman–Crippen MR) is 346 cm³/mol. The number of carboxylic acid groups (broad SMARTS) is 2. The average Bonchev–Trinajstić information content (AvgIpc) is 0.946. The molecule has 0 unspecified atom stereocenters. The summed E-state index contributed by atoms with van der Waals surface area (Å²) in [6, 6.07) is 12.6. The number of pyridine rings is 2. The summed E-state index contributed by atoms with van der Waals surface area (Å²) in [4.78, 5) is 80.1. The zero-order valence-electron chi connectivity index (χ0n) is 54.5. The number of nitrogens with one attached hydrogen (secondary N) is 3. The molecule has 0 aliphatic heterocycles. The van der Waals surface area contributed by atoms with E-state index in [1.165, 1.54) is 48.2 Å². The Bertz CT molecular complexity index is 3320. The molecule has 2 heterocycles. The number of esters is 2. The molecule has 2 aromatic heterocycles. The normalized spacial score (nSPS) is 13.7. The molecule has 22 nitrogen and oxygen atoms in total. The first-order valence-electron chi connectivity index (χ1n) is 31.2. The number of aryl methyl sites for hydroxylation is 10. The maximum Gasteiger partial charge on any atom is 0.326 e. The predicted octanol–water partition coefficient (Wildman–Crippen LogP) is 9.27. The van der Waals surface area contributed by atoms with Gasteiger partial charge < -0.3 is 45.5 Å². The van der Waals surface area contributed by atoms with Crippen LogP contribution in [0.15, 0.2) is 58.3 Å². The number of fused-ring (bicyclic) bond motifs is 2. The number of nitrogens with two attached hydrogens (primary N) is 1. The summed E-state index contributed by atoms with van der Waals surface area (Å²) >= 11 is 0. The van der Waals surface area contributed by atoms with Crippen LogP contribution in [0.2, 0.25) is 0 Å². The Morgan fingerprint density at radius 2 is 0.956 bits per heavy atom. The first-order valence-corrected chi connectivity index (χ1v) is 35.0. The van der Waals surface area contributed by atoms with E-state index in [0.29, 0.717) is 59.4 Å². The Balaban J connectivity index is 0.000000324. The summed E-state index contributed by atoms with van der Waals surface area (Å²) in [5.74, 6) is -2.57. The van der Waals surface area contributed by atoms with Crippen molar-refractivity contribution in [1.82, 2.24) is 25.3 Å². The molecule has 7 N–H and O–H groups in total. The fraction of sp³-hybridized carbons (Fsp3) is 0.576. The van der Waals surface area contributed by atoms with Crippen molar-refractivity contribution in [2.75, 3.05) is 26.3 Å². The minimum absolute atomic E-state index is 0.0175. The summed E-state index contributed by atoms with van der Waals surface area (Å²) in [7, 11) is -2.65. The number of benzene rings is 2. The topological polar surface area (TPSA) is 336 Å². The van der Waals surface area contributed by atoms with Gasteiger partial charge in [-0.3, -0.25) is 38.7 Å². The van der Waals surface area contributed by atoms with Gasteiger partial charge in [0, 0.05) is 72.2 Å². The summed E-state index contributed by atoms with van der Waals surface area (Å²) in [5.41, 5.74) is 13.4. The Labute approximate surface area is 541 Å². The molecule has 0 saturated heterocycles. The molecule has 0 bridgehead atoms. The number of halogens is 1. The summed E-state index contributed by atoms with van der Waals surface area (Å²) < 4.78 is 73.9. The van der Waals surface area contributed by atoms with Crippen LogP contribution >= 0.6 is 10.7 Å². The second-order valence-corrected chi connectivity index (χ2v) is 29.2. The maximum absolute atomic E-state index is 13.5. The van der Waals surface area contributed by atoms with Crippen molar-refractivity contribution in [2.24, 2.45) is 5.73 Å². The van der Waals surface area contributed by atoms with Crippen LogP contribution in [0.3, 0.4) is 0 Å². The molecule has 0 radical (unpaired) electrons. The van der Waals surface area contributed by atoms with E-state index < -0.39 is 66.2 Å². The van der Waals surface area contributed by atoms with Gasteiger partial charge in [-0.05, 0) is 242 Å². The van der Waals surface area contributed by atoms with Crippen molar-refractivity contribution in [3.8, 4) is 11.5 Å². The number of aromatic nitrogens is 2. The number of carbonyl (C=O) groups excluding carboxylic acids is 4. The third-order valence-electron chi connectivity index (χ3n) is 14.4. The van der Waals surface area contributed by atoms with Crippen molar-refractivity contribution < 1.29 is 74.8 Å². The highest BCUT2D eigenvalue weighted by molar-refractivity contribution is 8.13. The number of sulfonamides is 1. The summed E-state index contributed by atoms with van der Waals surface area (Å²) in [6.07, 6.45) is 15.3. The van der Waals surface area contributed by atoms with Gasteiger partial charge in [-0.2, -0.15) is 4.72 Å². The Morgan fingerprint density at radius 1 is 0.560 bits per heavy atom. The van der Waals surface area contributed by atoms with Crippen molar-refractivity contribution >= 4 is 65.4 Å². The number of hydrogen-bond acceptors (Lipinski definition) is 17. The third-order valence-corrected chi connectivity index (χ3v) is 17.7. The van der Waals surface area contributed by atoms with Gasteiger partial charge >= 0.3 is 23.9 Å². The van der Waals surface area contributed by atoms with E-state index >= 15 is 0 Å². The third kappa shape index (κ3) is 28.8. The lowest BCUT2D eigenvalue weighted by atomic mass is 9.95. The Hall–Kier alpha value is -6.73. The summed E-state index contributed by atoms with van der Waals surface area (Å²) in [6.45, 7) is 17.1. The molecule has 504 valence electrons. The van der Waals surface area contributed by atoms with Gasteiger partial charge in [0.25, 0.3) is 9.05 Å². The molecule has 0 spiro atoms. The number of unbranched alkanes of at least 4 members (excludes halogenated alkanes) is 2. The number of carboxylic acids is 2. The van der Waals surface area contributed by atoms with Crippen molar-refractivity contribution in [1.29, 1.82) is 0 Å². The highest BCUT2D eigenvalue weighted by atomic mass is 35.7. The van der Waals surface area contributed by atoms with Gasteiger partial charge in [0.2, 0.25) is 21.8 Å². The Kier molecular flexibility index (Phi) is 30.8. The fourth-order valence-corrected chi connectivity index (χ4v) is 13.5. The van der Waals surface area contributed by atoms with Crippen LogP contribution in [0, 0.1) is 27.7 Å². The monoisotopic (exact) mass is 1330 g/mol. The molecule has 2 atom stereocenters. The van der Waals surface area contributed by atoms with Crippen molar-refractivity contribution in [3.63, 3.8) is 0 Å². The molecule has 2 aromatic carbocycles. The van der Waals surface area contributed by atoms with Crippen LogP contribution < -0.4 is 30.6 Å². The van der Waals surface area contributed by atoms with Gasteiger partial charge in [-0.15, -0.1) is 0 Å². The zero-order chi connectivity index (χ0) is 67.7. The molecule has 25 heteroatoms. The number of aliphatic carboxylic acids is 2. The number of rotatable bonds is 30. The molecule has 0 saturated carbocycles. The molecule has 91 heavy (non-hydrogen) atoms. The van der Waals surface area contributed by atoms with E-state index in [-0.39, 0.29) is 67.2 Å². The first kappa shape index (κ1) is 76.7. The fourth-order valence-electron chi connectivity index (χ4n) is 10.2. The maximum atomic E-state index is 13.5. The highest BCUT2D eigenvalue weighted by Gasteiger charge is 2.32. The summed E-state index contributed by atoms with van der Waals surface area (Å²) in [5, 5.41) is 22.7. The molecule has 2 amide bonds. The average molecular weight is 1330 g/mol.